The van der Waals surface area contributed by atoms with Gasteiger partial charge in [0.25, 0.3) is 5.72 Å². The first-order valence-corrected chi connectivity index (χ1v) is 6.42. The van der Waals surface area contributed by atoms with Crippen molar-refractivity contribution < 1.29 is 9.13 Å². The number of nitrogens with zero attached hydrogens (tertiary/aromatic N) is 2. The highest BCUT2D eigenvalue weighted by atomic mass is 19.1. The summed E-state index contributed by atoms with van der Waals surface area (Å²) in [6.45, 7) is 1.65. The molecule has 2 aromatic rings. The number of dihydropyridines is 1. The molecule has 4 nitrogen and oxygen atoms in total. The van der Waals surface area contributed by atoms with Gasteiger partial charge in [-0.05, 0) is 31.2 Å². The first kappa shape index (κ1) is 13.1. The van der Waals surface area contributed by atoms with Crippen molar-refractivity contribution in [1.29, 1.82) is 5.26 Å². The van der Waals surface area contributed by atoms with Gasteiger partial charge in [-0.25, -0.2) is 9.37 Å². The summed E-state index contributed by atoms with van der Waals surface area (Å²) in [5.74, 6) is -0.542. The second-order valence-electron chi connectivity index (χ2n) is 4.67. The number of rotatable bonds is 2. The molecule has 1 aromatic heterocycles. The van der Waals surface area contributed by atoms with E-state index in [0.717, 1.165) is 0 Å². The van der Waals surface area contributed by atoms with E-state index < -0.39 is 11.5 Å². The molecule has 0 aliphatic carbocycles. The Bertz CT molecular complexity index is 807. The van der Waals surface area contributed by atoms with Crippen LogP contribution in [0.3, 0.4) is 0 Å². The number of nitriles is 1. The number of pyridine rings is 1. The van der Waals surface area contributed by atoms with Gasteiger partial charge in [-0.2, -0.15) is 5.26 Å². The fourth-order valence-electron chi connectivity index (χ4n) is 2.17. The van der Waals surface area contributed by atoms with Gasteiger partial charge in [0.2, 0.25) is 0 Å². The van der Waals surface area contributed by atoms with Crippen LogP contribution in [0.4, 0.5) is 4.39 Å². The molecule has 1 N–H and O–H groups in total. The Morgan fingerprint density at radius 1 is 1.33 bits per heavy atom. The third kappa shape index (κ3) is 2.21. The first-order chi connectivity index (χ1) is 10.2. The third-order valence-corrected chi connectivity index (χ3v) is 3.22. The number of para-hydroxylation sites is 1. The number of hydrogen-bond acceptors (Lipinski definition) is 4. The summed E-state index contributed by atoms with van der Waals surface area (Å²) in [7, 11) is 0. The van der Waals surface area contributed by atoms with Crippen molar-refractivity contribution >= 4 is 10.9 Å². The minimum Gasteiger partial charge on any atom is -0.446 e. The number of fused-ring (bicyclic) bond motifs is 1. The second-order valence-corrected chi connectivity index (χ2v) is 4.67. The van der Waals surface area contributed by atoms with Crippen molar-refractivity contribution in [2.45, 2.75) is 12.6 Å². The zero-order valence-electron chi connectivity index (χ0n) is 11.3. The fourth-order valence-corrected chi connectivity index (χ4v) is 2.17. The molecule has 0 spiro atoms. The molecule has 104 valence electrons. The SMILES string of the molecule is Cc1nc2ccccc2c(F)c1OC1(C#N)C=CC=CN1. The van der Waals surface area contributed by atoms with Gasteiger partial charge in [0.15, 0.2) is 11.6 Å². The Hall–Kier alpha value is -2.87. The van der Waals surface area contributed by atoms with Crippen LogP contribution in [0.5, 0.6) is 5.75 Å². The van der Waals surface area contributed by atoms with E-state index in [2.05, 4.69) is 10.3 Å². The number of aromatic nitrogens is 1. The van der Waals surface area contributed by atoms with Crippen LogP contribution < -0.4 is 10.1 Å². The number of halogens is 1. The maximum atomic E-state index is 14.6. The molecule has 0 amide bonds. The van der Waals surface area contributed by atoms with Gasteiger partial charge < -0.3 is 10.1 Å². The van der Waals surface area contributed by atoms with E-state index in [-0.39, 0.29) is 5.75 Å². The van der Waals surface area contributed by atoms with Gasteiger partial charge in [-0.15, -0.1) is 0 Å². The molecule has 0 saturated heterocycles. The molecular formula is C16H12FN3O. The van der Waals surface area contributed by atoms with Crippen LogP contribution in [0.1, 0.15) is 5.69 Å². The van der Waals surface area contributed by atoms with E-state index in [4.69, 9.17) is 4.74 Å². The van der Waals surface area contributed by atoms with Gasteiger partial charge in [0.05, 0.1) is 11.2 Å². The number of ether oxygens (including phenoxy) is 1. The van der Waals surface area contributed by atoms with Crippen LogP contribution in [-0.2, 0) is 0 Å². The van der Waals surface area contributed by atoms with Crippen LogP contribution in [0, 0.1) is 24.1 Å². The summed E-state index contributed by atoms with van der Waals surface area (Å²) >= 11 is 0. The van der Waals surface area contributed by atoms with Crippen molar-refractivity contribution in [1.82, 2.24) is 10.3 Å². The maximum absolute atomic E-state index is 14.6. The van der Waals surface area contributed by atoms with E-state index >= 15 is 0 Å². The summed E-state index contributed by atoms with van der Waals surface area (Å²) in [6, 6.07) is 8.89. The minimum absolute atomic E-state index is 0.0253. The van der Waals surface area contributed by atoms with E-state index in [9.17, 15) is 9.65 Å². The molecule has 5 heteroatoms. The Labute approximate surface area is 121 Å². The van der Waals surface area contributed by atoms with Crippen LogP contribution in [0.2, 0.25) is 0 Å². The van der Waals surface area contributed by atoms with E-state index in [1.807, 2.05) is 6.07 Å². The van der Waals surface area contributed by atoms with Gasteiger partial charge in [-0.3, -0.25) is 0 Å². The van der Waals surface area contributed by atoms with Crippen LogP contribution in [0.15, 0.2) is 48.7 Å². The van der Waals surface area contributed by atoms with Gasteiger partial charge in [0, 0.05) is 11.6 Å². The Morgan fingerprint density at radius 2 is 2.14 bits per heavy atom. The highest BCUT2D eigenvalue weighted by molar-refractivity contribution is 5.81. The fraction of sp³-hybridized carbons (Fsp3) is 0.125. The number of allylic oxidation sites excluding steroid dienone is 2. The van der Waals surface area contributed by atoms with Crippen molar-refractivity contribution in [3.63, 3.8) is 0 Å². The van der Waals surface area contributed by atoms with E-state index in [0.29, 0.717) is 16.6 Å². The quantitative estimate of drug-likeness (QED) is 0.919. The highest BCUT2D eigenvalue weighted by Gasteiger charge is 2.31. The molecule has 3 rings (SSSR count). The molecule has 21 heavy (non-hydrogen) atoms. The lowest BCUT2D eigenvalue weighted by molar-refractivity contribution is 0.146. The largest absolute Gasteiger partial charge is 0.446 e. The number of hydrogen-bond donors (Lipinski definition) is 1. The number of aryl methyl sites for hydroxylation is 1. The molecule has 2 heterocycles. The third-order valence-electron chi connectivity index (χ3n) is 3.22. The average Bonchev–Trinajstić information content (AvgIpc) is 2.52. The molecule has 1 unspecified atom stereocenters. The first-order valence-electron chi connectivity index (χ1n) is 6.42. The molecule has 1 aliphatic rings. The van der Waals surface area contributed by atoms with E-state index in [1.165, 1.54) is 6.08 Å². The smallest absolute Gasteiger partial charge is 0.288 e. The van der Waals surface area contributed by atoms with Gasteiger partial charge in [-0.1, -0.05) is 18.2 Å². The highest BCUT2D eigenvalue weighted by Crippen LogP contribution is 2.30. The number of benzene rings is 1. The molecule has 0 saturated carbocycles. The molecule has 0 bridgehead atoms. The van der Waals surface area contributed by atoms with Crippen LogP contribution in [-0.4, -0.2) is 10.7 Å². The number of nitrogens with one attached hydrogen (secondary N) is 1. The standard InChI is InChI=1S/C16H12FN3O/c1-11-15(21-16(10-18)8-4-5-9-19-16)14(17)12-6-2-3-7-13(12)20-11/h2-9,19H,1H3. The molecule has 1 aromatic carbocycles. The summed E-state index contributed by atoms with van der Waals surface area (Å²) in [6.07, 6.45) is 6.49. The van der Waals surface area contributed by atoms with Crippen LogP contribution >= 0.6 is 0 Å². The lowest BCUT2D eigenvalue weighted by atomic mass is 10.1. The predicted octanol–water partition coefficient (Wildman–Crippen LogP) is 2.95. The van der Waals surface area contributed by atoms with Gasteiger partial charge >= 0.3 is 0 Å². The second kappa shape index (κ2) is 4.91. The summed E-state index contributed by atoms with van der Waals surface area (Å²) in [5, 5.41) is 12.5. The van der Waals surface area contributed by atoms with Crippen molar-refractivity contribution in [3.8, 4) is 11.8 Å². The minimum atomic E-state index is -1.43. The normalized spacial score (nSPS) is 20.0. The average molecular weight is 281 g/mol. The van der Waals surface area contributed by atoms with Crippen molar-refractivity contribution in [2.24, 2.45) is 0 Å². The van der Waals surface area contributed by atoms with Crippen molar-refractivity contribution in [3.05, 3.63) is 60.2 Å². The Kier molecular flexibility index (Phi) is 3.07. The van der Waals surface area contributed by atoms with Gasteiger partial charge in [0.1, 0.15) is 6.07 Å². The Morgan fingerprint density at radius 3 is 2.86 bits per heavy atom. The lowest BCUT2D eigenvalue weighted by Crippen LogP contribution is -2.46. The zero-order chi connectivity index (χ0) is 14.9. The summed E-state index contributed by atoms with van der Waals surface area (Å²) in [4.78, 5) is 4.32. The lowest BCUT2D eigenvalue weighted by Gasteiger charge is -2.27. The molecule has 1 atom stereocenters. The zero-order valence-corrected chi connectivity index (χ0v) is 11.3. The molecule has 0 fully saturated rings. The predicted molar refractivity (Wildman–Crippen MR) is 76.8 cm³/mol. The van der Waals surface area contributed by atoms with Crippen LogP contribution in [0.25, 0.3) is 10.9 Å². The summed E-state index contributed by atoms with van der Waals surface area (Å²) in [5.41, 5.74) is -0.478. The molecule has 0 radical (unpaired) electrons. The maximum Gasteiger partial charge on any atom is 0.288 e. The molecule has 1 aliphatic heterocycles. The molecular weight excluding hydrogens is 269 g/mol. The summed E-state index contributed by atoms with van der Waals surface area (Å²) < 4.78 is 20.3. The van der Waals surface area contributed by atoms with Crippen molar-refractivity contribution in [2.75, 3.05) is 0 Å². The van der Waals surface area contributed by atoms with E-state index in [1.54, 1.807) is 49.5 Å². The topological polar surface area (TPSA) is 57.9 Å². The Balaban J connectivity index is 2.11. The monoisotopic (exact) mass is 281 g/mol.